The molecule has 4 nitrogen and oxygen atoms in total. The lowest BCUT2D eigenvalue weighted by atomic mass is 10.2. The SMILES string of the molecule is O=C1C=[N+]([O-])C2(CCCC2)O1. The van der Waals surface area contributed by atoms with Crippen LogP contribution in [0.15, 0.2) is 0 Å². The zero-order chi connectivity index (χ0) is 7.90. The third-order valence-electron chi connectivity index (χ3n) is 2.30. The molecule has 1 saturated carbocycles. The Morgan fingerprint density at radius 3 is 2.64 bits per heavy atom. The predicted octanol–water partition coefficient (Wildman–Crippen LogP) is 0.395. The lowest BCUT2D eigenvalue weighted by molar-refractivity contribution is -0.585. The number of hydroxylamine groups is 1. The van der Waals surface area contributed by atoms with Crippen LogP contribution in [0.2, 0.25) is 0 Å². The minimum Gasteiger partial charge on any atom is -0.621 e. The Morgan fingerprint density at radius 1 is 1.55 bits per heavy atom. The van der Waals surface area contributed by atoms with Gasteiger partial charge < -0.3 is 9.94 Å². The highest BCUT2D eigenvalue weighted by molar-refractivity contribution is 6.22. The van der Waals surface area contributed by atoms with E-state index in [0.717, 1.165) is 19.1 Å². The van der Waals surface area contributed by atoms with E-state index in [1.54, 1.807) is 0 Å². The lowest BCUT2D eigenvalue weighted by Crippen LogP contribution is -2.34. The van der Waals surface area contributed by atoms with Crippen molar-refractivity contribution in [2.75, 3.05) is 0 Å². The maximum absolute atomic E-state index is 11.1. The van der Waals surface area contributed by atoms with Crippen LogP contribution in [-0.2, 0) is 9.53 Å². The molecule has 0 N–H and O–H groups in total. The van der Waals surface area contributed by atoms with Crippen molar-refractivity contribution in [2.45, 2.75) is 31.4 Å². The first-order valence-electron chi connectivity index (χ1n) is 3.77. The van der Waals surface area contributed by atoms with E-state index in [-0.39, 0.29) is 0 Å². The van der Waals surface area contributed by atoms with Gasteiger partial charge in [0.25, 0.3) is 6.21 Å². The van der Waals surface area contributed by atoms with Gasteiger partial charge in [-0.2, -0.15) is 4.74 Å². The molecule has 1 fully saturated rings. The normalized spacial score (nSPS) is 27.3. The quantitative estimate of drug-likeness (QED) is 0.289. The molecule has 0 bridgehead atoms. The van der Waals surface area contributed by atoms with Crippen LogP contribution in [0.4, 0.5) is 0 Å². The van der Waals surface area contributed by atoms with Gasteiger partial charge in [0, 0.05) is 0 Å². The summed E-state index contributed by atoms with van der Waals surface area (Å²) in [6, 6.07) is 0. The molecule has 0 saturated heterocycles. The minimum atomic E-state index is -0.808. The van der Waals surface area contributed by atoms with Gasteiger partial charge in [0.05, 0.1) is 12.8 Å². The number of carbonyl (C=O) groups is 1. The summed E-state index contributed by atoms with van der Waals surface area (Å²) < 4.78 is 5.61. The van der Waals surface area contributed by atoms with E-state index >= 15 is 0 Å². The molecule has 0 radical (unpaired) electrons. The van der Waals surface area contributed by atoms with E-state index in [9.17, 15) is 10.0 Å². The summed E-state index contributed by atoms with van der Waals surface area (Å²) in [4.78, 5) is 10.7. The van der Waals surface area contributed by atoms with Crippen molar-refractivity contribution in [3.05, 3.63) is 5.21 Å². The molecule has 1 aliphatic heterocycles. The topological polar surface area (TPSA) is 52.4 Å². The standard InChI is InChI=1S/C7H9NO3/c9-6-5-8(10)7(11-6)3-1-2-4-7/h5H,1-4H2. The minimum absolute atomic E-state index is 0.498. The van der Waals surface area contributed by atoms with E-state index in [1.165, 1.54) is 0 Å². The number of carbonyl (C=O) groups excluding carboxylic acids is 1. The van der Waals surface area contributed by atoms with Gasteiger partial charge in [0.2, 0.25) is 0 Å². The second kappa shape index (κ2) is 1.96. The van der Waals surface area contributed by atoms with Crippen molar-refractivity contribution in [3.8, 4) is 0 Å². The van der Waals surface area contributed by atoms with Crippen molar-refractivity contribution >= 4 is 12.2 Å². The van der Waals surface area contributed by atoms with Crippen molar-refractivity contribution < 1.29 is 14.3 Å². The number of rotatable bonds is 0. The third-order valence-corrected chi connectivity index (χ3v) is 2.30. The van der Waals surface area contributed by atoms with Crippen LogP contribution >= 0.6 is 0 Å². The molecule has 4 heteroatoms. The second-order valence-electron chi connectivity index (χ2n) is 3.03. The molecule has 1 aliphatic carbocycles. The average molecular weight is 155 g/mol. The van der Waals surface area contributed by atoms with Crippen LogP contribution in [0.5, 0.6) is 0 Å². The fourth-order valence-electron chi connectivity index (χ4n) is 1.72. The Kier molecular flexibility index (Phi) is 1.19. The Morgan fingerprint density at radius 2 is 2.18 bits per heavy atom. The number of hydrogen-bond acceptors (Lipinski definition) is 3. The van der Waals surface area contributed by atoms with Crippen LogP contribution in [0.3, 0.4) is 0 Å². The highest BCUT2D eigenvalue weighted by atomic mass is 16.6. The van der Waals surface area contributed by atoms with Gasteiger partial charge in [-0.15, -0.1) is 0 Å². The van der Waals surface area contributed by atoms with E-state index in [2.05, 4.69) is 0 Å². The Hall–Kier alpha value is -1.06. The second-order valence-corrected chi connectivity index (χ2v) is 3.03. The number of ether oxygens (including phenoxy) is 1. The highest BCUT2D eigenvalue weighted by Crippen LogP contribution is 2.35. The molecule has 1 spiro atoms. The summed E-state index contributed by atoms with van der Waals surface area (Å²) in [7, 11) is 0. The largest absolute Gasteiger partial charge is 0.621 e. The van der Waals surface area contributed by atoms with Crippen LogP contribution < -0.4 is 0 Å². The lowest BCUT2D eigenvalue weighted by Gasteiger charge is -2.19. The first-order chi connectivity index (χ1) is 5.23. The van der Waals surface area contributed by atoms with Crippen LogP contribution in [0, 0.1) is 5.21 Å². The van der Waals surface area contributed by atoms with Crippen molar-refractivity contribution in [2.24, 2.45) is 0 Å². The Labute approximate surface area is 64.0 Å². The smallest absolute Gasteiger partial charge is 0.401 e. The molecule has 11 heavy (non-hydrogen) atoms. The van der Waals surface area contributed by atoms with Gasteiger partial charge in [0.15, 0.2) is 0 Å². The summed E-state index contributed by atoms with van der Waals surface area (Å²) >= 11 is 0. The van der Waals surface area contributed by atoms with E-state index in [4.69, 9.17) is 4.74 Å². The summed E-state index contributed by atoms with van der Waals surface area (Å²) in [6.07, 6.45) is 4.29. The van der Waals surface area contributed by atoms with E-state index < -0.39 is 11.7 Å². The maximum Gasteiger partial charge on any atom is 0.401 e. The molecular weight excluding hydrogens is 146 g/mol. The number of hydrogen-bond donors (Lipinski definition) is 0. The van der Waals surface area contributed by atoms with E-state index in [0.29, 0.717) is 17.6 Å². The van der Waals surface area contributed by atoms with Crippen LogP contribution in [0.1, 0.15) is 25.7 Å². The molecule has 0 atom stereocenters. The first kappa shape index (κ1) is 6.64. The number of esters is 1. The molecule has 1 heterocycles. The van der Waals surface area contributed by atoms with E-state index in [1.807, 2.05) is 0 Å². The maximum atomic E-state index is 11.1. The fourth-order valence-corrected chi connectivity index (χ4v) is 1.72. The van der Waals surface area contributed by atoms with Gasteiger partial charge in [-0.3, -0.25) is 0 Å². The summed E-state index contributed by atoms with van der Waals surface area (Å²) in [5.74, 6) is -0.498. The Bertz CT molecular complexity index is 228. The van der Waals surface area contributed by atoms with Crippen LogP contribution in [0.25, 0.3) is 0 Å². The van der Waals surface area contributed by atoms with Gasteiger partial charge in [-0.05, 0) is 12.8 Å². The van der Waals surface area contributed by atoms with Gasteiger partial charge in [-0.25, -0.2) is 4.79 Å². The van der Waals surface area contributed by atoms with Crippen molar-refractivity contribution in [3.63, 3.8) is 0 Å². The molecule has 0 unspecified atom stereocenters. The van der Waals surface area contributed by atoms with Crippen molar-refractivity contribution in [1.82, 2.24) is 0 Å². The monoisotopic (exact) mass is 155 g/mol. The number of nitrogens with zero attached hydrogens (tertiary/aromatic N) is 1. The van der Waals surface area contributed by atoms with Gasteiger partial charge in [0.1, 0.15) is 0 Å². The molecule has 0 aromatic rings. The molecular formula is C7H9NO3. The Balaban J connectivity index is 2.28. The van der Waals surface area contributed by atoms with Gasteiger partial charge in [-0.1, -0.05) is 0 Å². The summed E-state index contributed by atoms with van der Waals surface area (Å²) in [6.45, 7) is 0. The predicted molar refractivity (Wildman–Crippen MR) is 37.0 cm³/mol. The third kappa shape index (κ3) is 0.818. The summed E-state index contributed by atoms with van der Waals surface area (Å²) in [5.41, 5.74) is -0.808. The zero-order valence-electron chi connectivity index (χ0n) is 6.08. The fraction of sp³-hybridized carbons (Fsp3) is 0.714. The average Bonchev–Trinajstić information content (AvgIpc) is 2.45. The van der Waals surface area contributed by atoms with Crippen molar-refractivity contribution in [1.29, 1.82) is 0 Å². The summed E-state index contributed by atoms with van der Waals surface area (Å²) in [5, 5.41) is 11.1. The highest BCUT2D eigenvalue weighted by Gasteiger charge is 2.50. The molecule has 0 amide bonds. The van der Waals surface area contributed by atoms with Crippen LogP contribution in [-0.4, -0.2) is 22.6 Å². The first-order valence-corrected chi connectivity index (χ1v) is 3.77. The molecule has 2 aliphatic rings. The van der Waals surface area contributed by atoms with Gasteiger partial charge >= 0.3 is 11.7 Å². The molecule has 2 rings (SSSR count). The molecule has 0 aromatic heterocycles. The molecule has 60 valence electrons. The zero-order valence-corrected chi connectivity index (χ0v) is 6.08. The molecule has 0 aromatic carbocycles.